The quantitative estimate of drug-likeness (QED) is 0.366. The summed E-state index contributed by atoms with van der Waals surface area (Å²) in [6.07, 6.45) is 4.48. The molecule has 0 atom stereocenters. The molecule has 0 radical (unpaired) electrons. The van der Waals surface area contributed by atoms with Crippen LogP contribution in [0.4, 0.5) is 0 Å². The maximum atomic E-state index is 12.7. The highest BCUT2D eigenvalue weighted by Crippen LogP contribution is 2.15. The van der Waals surface area contributed by atoms with E-state index in [1.165, 1.54) is 30.3 Å². The van der Waals surface area contributed by atoms with Crippen molar-refractivity contribution in [1.82, 2.24) is 15.0 Å². The average molecular weight is 505 g/mol. The zero-order valence-corrected chi connectivity index (χ0v) is 20.7. The van der Waals surface area contributed by atoms with Crippen LogP contribution in [-0.4, -0.2) is 50.9 Å². The highest BCUT2D eigenvalue weighted by atomic mass is 32.2. The molecule has 0 aliphatic carbocycles. The van der Waals surface area contributed by atoms with E-state index >= 15 is 0 Å². The van der Waals surface area contributed by atoms with Crippen LogP contribution in [0.1, 0.15) is 76.3 Å². The first-order valence-corrected chi connectivity index (χ1v) is 12.9. The molecule has 190 valence electrons. The van der Waals surface area contributed by atoms with E-state index in [0.717, 1.165) is 19.0 Å². The number of amides is 2. The minimum absolute atomic E-state index is 0.0897. The number of carboxylic acid groups (broad SMARTS) is 1. The first-order chi connectivity index (χ1) is 16.7. The van der Waals surface area contributed by atoms with Crippen LogP contribution in [0.2, 0.25) is 0 Å². The van der Waals surface area contributed by atoms with E-state index in [2.05, 4.69) is 10.3 Å². The smallest absolute Gasteiger partial charge is 0.266 e. The lowest BCUT2D eigenvalue weighted by molar-refractivity contribution is -0.255. The minimum atomic E-state index is -4.24. The van der Waals surface area contributed by atoms with E-state index in [1.54, 1.807) is 0 Å². The second-order valence-electron chi connectivity index (χ2n) is 7.74. The van der Waals surface area contributed by atoms with Crippen LogP contribution in [0.15, 0.2) is 41.4 Å². The second kappa shape index (κ2) is 13.5. The number of carboxylic acids is 1. The summed E-state index contributed by atoms with van der Waals surface area (Å²) in [4.78, 5) is 39.7. The summed E-state index contributed by atoms with van der Waals surface area (Å²) in [5.41, 5.74) is 0.214. The van der Waals surface area contributed by atoms with Crippen molar-refractivity contribution >= 4 is 27.8 Å². The van der Waals surface area contributed by atoms with Crippen molar-refractivity contribution in [2.24, 2.45) is 0 Å². The Labute approximate surface area is 205 Å². The Bertz CT molecular complexity index is 1130. The number of aromatic nitrogens is 1. The maximum absolute atomic E-state index is 12.7. The van der Waals surface area contributed by atoms with Crippen LogP contribution in [0, 0.1) is 0 Å². The number of hydrogen-bond donors (Lipinski definition) is 2. The van der Waals surface area contributed by atoms with Gasteiger partial charge in [-0.1, -0.05) is 19.8 Å². The van der Waals surface area contributed by atoms with Gasteiger partial charge in [-0.05, 0) is 62.1 Å². The molecule has 1 aromatic heterocycles. The first kappa shape index (κ1) is 27.9. The molecule has 2 amide bonds. The number of rotatable bonds is 14. The summed E-state index contributed by atoms with van der Waals surface area (Å²) in [6.45, 7) is 5.42. The molecular formula is C24H30N3O7S-. The topological polar surface area (TPSA) is 155 Å². The third-order valence-corrected chi connectivity index (χ3v) is 6.43. The normalized spacial score (nSPS) is 11.1. The molecule has 0 aliphatic heterocycles. The van der Waals surface area contributed by atoms with Gasteiger partial charge < -0.3 is 20.0 Å². The number of nitrogens with zero attached hydrogens (tertiary/aromatic N) is 1. The molecule has 0 unspecified atom stereocenters. The standard InChI is InChI=1S/C24H31N3O7S/c1-3-5-6-8-18-15-19(16-26-21(18)24(30)31)23(29)27-35(32,33)20-11-9-17(10-12-20)22(28)25-13-7-14-34-4-2/h9-12,15-16H,3-8,13-14H2,1-2H3,(H,25,28)(H,27,29)(H,30,31)/p-1. The highest BCUT2D eigenvalue weighted by molar-refractivity contribution is 7.90. The van der Waals surface area contributed by atoms with Gasteiger partial charge in [0, 0.05) is 31.5 Å². The maximum Gasteiger partial charge on any atom is 0.266 e. The van der Waals surface area contributed by atoms with Gasteiger partial charge in [0.2, 0.25) is 0 Å². The average Bonchev–Trinajstić information content (AvgIpc) is 2.83. The molecule has 11 heteroatoms. The number of carbonyl (C=O) groups is 3. The Morgan fingerprint density at radius 2 is 1.71 bits per heavy atom. The Balaban J connectivity index is 2.08. The van der Waals surface area contributed by atoms with Gasteiger partial charge in [0.05, 0.1) is 22.1 Å². The van der Waals surface area contributed by atoms with Gasteiger partial charge in [0.25, 0.3) is 21.8 Å². The Hall–Kier alpha value is -3.31. The fourth-order valence-electron chi connectivity index (χ4n) is 3.22. The summed E-state index contributed by atoms with van der Waals surface area (Å²) >= 11 is 0. The van der Waals surface area contributed by atoms with Crippen molar-refractivity contribution < 1.29 is 32.6 Å². The van der Waals surface area contributed by atoms with Crippen molar-refractivity contribution in [3.8, 4) is 0 Å². The number of hydrogen-bond acceptors (Lipinski definition) is 8. The Kier molecular flexibility index (Phi) is 10.8. The van der Waals surface area contributed by atoms with Crippen molar-refractivity contribution in [2.75, 3.05) is 19.8 Å². The molecule has 0 saturated heterocycles. The number of nitrogens with one attached hydrogen (secondary N) is 2. The van der Waals surface area contributed by atoms with E-state index in [9.17, 15) is 27.9 Å². The van der Waals surface area contributed by atoms with E-state index in [0.29, 0.717) is 44.6 Å². The van der Waals surface area contributed by atoms with Gasteiger partial charge in [-0.2, -0.15) is 0 Å². The monoisotopic (exact) mass is 504 g/mol. The van der Waals surface area contributed by atoms with Gasteiger partial charge in [0.15, 0.2) is 0 Å². The lowest BCUT2D eigenvalue weighted by atomic mass is 10.0. The number of aromatic carboxylic acids is 1. The molecule has 0 fully saturated rings. The summed E-state index contributed by atoms with van der Waals surface area (Å²) < 4.78 is 32.5. The number of sulfonamides is 1. The fraction of sp³-hybridized carbons (Fsp3) is 0.417. The number of pyridine rings is 1. The molecule has 1 heterocycles. The fourth-order valence-corrected chi connectivity index (χ4v) is 4.20. The summed E-state index contributed by atoms with van der Waals surface area (Å²) in [5, 5.41) is 14.0. The summed E-state index contributed by atoms with van der Waals surface area (Å²) in [5.74, 6) is -2.77. The minimum Gasteiger partial charge on any atom is -0.543 e. The summed E-state index contributed by atoms with van der Waals surface area (Å²) in [7, 11) is -4.24. The molecule has 2 rings (SSSR count). The summed E-state index contributed by atoms with van der Waals surface area (Å²) in [6, 6.07) is 6.45. The number of aryl methyl sites for hydroxylation is 1. The van der Waals surface area contributed by atoms with Crippen molar-refractivity contribution in [1.29, 1.82) is 0 Å². The number of benzene rings is 1. The lowest BCUT2D eigenvalue weighted by Gasteiger charge is -2.12. The zero-order chi connectivity index (χ0) is 25.8. The predicted octanol–water partition coefficient (Wildman–Crippen LogP) is 1.45. The SMILES string of the molecule is CCCCCc1cc(C(=O)NS(=O)(=O)c2ccc(C(=O)NCCCOCC)cc2)cnc1C(=O)[O-]. The number of ether oxygens (including phenoxy) is 1. The van der Waals surface area contributed by atoms with Crippen molar-refractivity contribution in [3.05, 3.63) is 58.9 Å². The molecule has 2 N–H and O–H groups in total. The van der Waals surface area contributed by atoms with Crippen LogP contribution in [0.25, 0.3) is 0 Å². The van der Waals surface area contributed by atoms with Crippen LogP contribution in [0.5, 0.6) is 0 Å². The largest absolute Gasteiger partial charge is 0.543 e. The van der Waals surface area contributed by atoms with Crippen LogP contribution in [0.3, 0.4) is 0 Å². The Morgan fingerprint density at radius 1 is 1.00 bits per heavy atom. The molecule has 10 nitrogen and oxygen atoms in total. The second-order valence-corrected chi connectivity index (χ2v) is 9.42. The predicted molar refractivity (Wildman–Crippen MR) is 126 cm³/mol. The molecule has 0 aliphatic rings. The molecule has 2 aromatic rings. The molecule has 0 bridgehead atoms. The third kappa shape index (κ3) is 8.45. The van der Waals surface area contributed by atoms with Gasteiger partial charge in [0.1, 0.15) is 0 Å². The van der Waals surface area contributed by atoms with Gasteiger partial charge >= 0.3 is 0 Å². The van der Waals surface area contributed by atoms with Crippen LogP contribution in [-0.2, 0) is 21.2 Å². The van der Waals surface area contributed by atoms with E-state index < -0.39 is 21.9 Å². The molecule has 0 saturated carbocycles. The van der Waals surface area contributed by atoms with Crippen LogP contribution >= 0.6 is 0 Å². The molecule has 1 aromatic carbocycles. The Morgan fingerprint density at radius 3 is 2.34 bits per heavy atom. The number of carbonyl (C=O) groups excluding carboxylic acids is 3. The van der Waals surface area contributed by atoms with Crippen molar-refractivity contribution in [2.45, 2.75) is 50.8 Å². The van der Waals surface area contributed by atoms with Gasteiger partial charge in [-0.15, -0.1) is 0 Å². The lowest BCUT2D eigenvalue weighted by Crippen LogP contribution is -2.31. The zero-order valence-electron chi connectivity index (χ0n) is 19.8. The van der Waals surface area contributed by atoms with E-state index in [4.69, 9.17) is 4.74 Å². The highest BCUT2D eigenvalue weighted by Gasteiger charge is 2.20. The third-order valence-electron chi connectivity index (χ3n) is 5.08. The molecule has 0 spiro atoms. The first-order valence-electron chi connectivity index (χ1n) is 11.4. The van der Waals surface area contributed by atoms with E-state index in [1.807, 2.05) is 18.6 Å². The van der Waals surface area contributed by atoms with Gasteiger partial charge in [-0.3, -0.25) is 14.6 Å². The molecular weight excluding hydrogens is 474 g/mol. The molecule has 35 heavy (non-hydrogen) atoms. The van der Waals surface area contributed by atoms with Crippen molar-refractivity contribution in [3.63, 3.8) is 0 Å². The van der Waals surface area contributed by atoms with E-state index in [-0.39, 0.29) is 27.6 Å². The van der Waals surface area contributed by atoms with Gasteiger partial charge in [-0.25, -0.2) is 13.1 Å². The number of unbranched alkanes of at least 4 members (excludes halogenated alkanes) is 2. The van der Waals surface area contributed by atoms with Crippen LogP contribution < -0.4 is 15.1 Å².